The highest BCUT2D eigenvalue weighted by atomic mass is 16.5. The zero-order valence-corrected chi connectivity index (χ0v) is 14.2. The molecule has 1 amide bonds. The maximum Gasteiger partial charge on any atom is 0.250 e. The van der Waals surface area contributed by atoms with Crippen molar-refractivity contribution in [3.63, 3.8) is 0 Å². The molecule has 128 valence electrons. The SMILES string of the molecule is COc1cc(-c2ccc3cccc(C(N)=O)c3n2)cc(OC)c1OC. The number of rotatable bonds is 5. The number of methoxy groups -OCH3 is 3. The number of aromatic nitrogens is 1. The number of para-hydroxylation sites is 1. The third kappa shape index (κ3) is 2.94. The lowest BCUT2D eigenvalue weighted by Crippen LogP contribution is -2.11. The first-order valence-corrected chi connectivity index (χ1v) is 7.59. The first-order valence-electron chi connectivity index (χ1n) is 7.59. The van der Waals surface area contributed by atoms with Gasteiger partial charge in [0.15, 0.2) is 11.5 Å². The van der Waals surface area contributed by atoms with E-state index in [9.17, 15) is 4.79 Å². The van der Waals surface area contributed by atoms with E-state index in [4.69, 9.17) is 19.9 Å². The largest absolute Gasteiger partial charge is 0.493 e. The van der Waals surface area contributed by atoms with E-state index < -0.39 is 5.91 Å². The van der Waals surface area contributed by atoms with Crippen molar-refractivity contribution in [2.75, 3.05) is 21.3 Å². The summed E-state index contributed by atoms with van der Waals surface area (Å²) in [6.07, 6.45) is 0. The van der Waals surface area contributed by atoms with E-state index in [1.165, 1.54) is 0 Å². The van der Waals surface area contributed by atoms with Gasteiger partial charge in [-0.15, -0.1) is 0 Å². The van der Waals surface area contributed by atoms with Crippen molar-refractivity contribution in [1.82, 2.24) is 4.98 Å². The number of pyridine rings is 1. The Morgan fingerprint density at radius 2 is 1.64 bits per heavy atom. The molecule has 2 N–H and O–H groups in total. The molecule has 0 aliphatic carbocycles. The van der Waals surface area contributed by atoms with Crippen LogP contribution in [-0.4, -0.2) is 32.2 Å². The van der Waals surface area contributed by atoms with Gasteiger partial charge in [0.1, 0.15) is 0 Å². The van der Waals surface area contributed by atoms with Gasteiger partial charge in [-0.1, -0.05) is 18.2 Å². The van der Waals surface area contributed by atoms with Crippen molar-refractivity contribution in [3.05, 3.63) is 48.0 Å². The number of benzene rings is 2. The third-order valence-corrected chi connectivity index (χ3v) is 3.95. The molecular formula is C19H18N2O4. The fourth-order valence-electron chi connectivity index (χ4n) is 2.74. The quantitative estimate of drug-likeness (QED) is 0.773. The van der Waals surface area contributed by atoms with Crippen LogP contribution in [0.25, 0.3) is 22.2 Å². The smallest absolute Gasteiger partial charge is 0.250 e. The lowest BCUT2D eigenvalue weighted by molar-refractivity contribution is 0.100. The molecule has 3 rings (SSSR count). The van der Waals surface area contributed by atoms with Crippen molar-refractivity contribution in [2.24, 2.45) is 5.73 Å². The number of primary amides is 1. The summed E-state index contributed by atoms with van der Waals surface area (Å²) in [4.78, 5) is 16.3. The minimum absolute atomic E-state index is 0.381. The molecule has 0 aliphatic rings. The molecule has 1 aromatic heterocycles. The van der Waals surface area contributed by atoms with Crippen molar-refractivity contribution >= 4 is 16.8 Å². The van der Waals surface area contributed by atoms with Gasteiger partial charge in [-0.3, -0.25) is 4.79 Å². The number of carbonyl (C=O) groups is 1. The lowest BCUT2D eigenvalue weighted by atomic mass is 10.1. The van der Waals surface area contributed by atoms with Gasteiger partial charge in [-0.25, -0.2) is 4.98 Å². The summed E-state index contributed by atoms with van der Waals surface area (Å²) in [6.45, 7) is 0. The topological polar surface area (TPSA) is 83.7 Å². The van der Waals surface area contributed by atoms with Crippen LogP contribution in [0.3, 0.4) is 0 Å². The first-order chi connectivity index (χ1) is 12.1. The standard InChI is InChI=1S/C19H18N2O4/c1-23-15-9-12(10-16(24-2)18(15)25-3)14-8-7-11-5-4-6-13(19(20)22)17(11)21-14/h4-10H,1-3H3,(H2,20,22). The molecule has 0 atom stereocenters. The summed E-state index contributed by atoms with van der Waals surface area (Å²) < 4.78 is 16.1. The fourth-order valence-corrected chi connectivity index (χ4v) is 2.74. The number of nitrogens with zero attached hydrogens (tertiary/aromatic N) is 1. The molecule has 0 aliphatic heterocycles. The summed E-state index contributed by atoms with van der Waals surface area (Å²) in [5, 5.41) is 0.840. The number of hydrogen-bond acceptors (Lipinski definition) is 5. The highest BCUT2D eigenvalue weighted by molar-refractivity contribution is 6.05. The second-order valence-electron chi connectivity index (χ2n) is 5.35. The molecule has 0 unspecified atom stereocenters. The third-order valence-electron chi connectivity index (χ3n) is 3.95. The van der Waals surface area contributed by atoms with E-state index in [0.29, 0.717) is 34.0 Å². The van der Waals surface area contributed by atoms with Gasteiger partial charge in [0.25, 0.3) is 5.91 Å². The molecule has 1 heterocycles. The van der Waals surface area contributed by atoms with Gasteiger partial charge in [0.05, 0.1) is 38.1 Å². The van der Waals surface area contributed by atoms with E-state index >= 15 is 0 Å². The average Bonchev–Trinajstić information content (AvgIpc) is 2.65. The van der Waals surface area contributed by atoms with Crippen LogP contribution in [0.15, 0.2) is 42.5 Å². The van der Waals surface area contributed by atoms with Crippen LogP contribution in [-0.2, 0) is 0 Å². The molecule has 0 saturated heterocycles. The number of fused-ring (bicyclic) bond motifs is 1. The molecule has 0 fully saturated rings. The van der Waals surface area contributed by atoms with Crippen LogP contribution in [0.5, 0.6) is 17.2 Å². The van der Waals surface area contributed by atoms with Gasteiger partial charge in [-0.05, 0) is 24.3 Å². The Kier molecular flexibility index (Phi) is 4.43. The Bertz CT molecular complexity index is 928. The highest BCUT2D eigenvalue weighted by Gasteiger charge is 2.16. The summed E-state index contributed by atoms with van der Waals surface area (Å²) in [6, 6.07) is 12.7. The zero-order valence-electron chi connectivity index (χ0n) is 14.2. The van der Waals surface area contributed by atoms with Gasteiger partial charge < -0.3 is 19.9 Å². The van der Waals surface area contributed by atoms with Crippen molar-refractivity contribution < 1.29 is 19.0 Å². The van der Waals surface area contributed by atoms with E-state index in [1.807, 2.05) is 30.3 Å². The second-order valence-corrected chi connectivity index (χ2v) is 5.35. The molecule has 0 bridgehead atoms. The first kappa shape index (κ1) is 16.6. The molecule has 0 radical (unpaired) electrons. The van der Waals surface area contributed by atoms with Crippen LogP contribution < -0.4 is 19.9 Å². The number of nitrogens with two attached hydrogens (primary N) is 1. The Hall–Kier alpha value is -3.28. The molecule has 6 nitrogen and oxygen atoms in total. The number of ether oxygens (including phenoxy) is 3. The summed E-state index contributed by atoms with van der Waals surface area (Å²) in [7, 11) is 4.66. The van der Waals surface area contributed by atoms with Gasteiger partial charge >= 0.3 is 0 Å². The van der Waals surface area contributed by atoms with E-state index in [2.05, 4.69) is 4.98 Å². The maximum atomic E-state index is 11.7. The Balaban J connectivity index is 2.22. The molecule has 2 aromatic carbocycles. The molecule has 3 aromatic rings. The molecular weight excluding hydrogens is 320 g/mol. The summed E-state index contributed by atoms with van der Waals surface area (Å²) in [5.41, 5.74) is 7.84. The molecule has 0 saturated carbocycles. The van der Waals surface area contributed by atoms with Gasteiger partial charge in [0.2, 0.25) is 5.75 Å². The molecule has 0 spiro atoms. The van der Waals surface area contributed by atoms with Crippen molar-refractivity contribution in [3.8, 4) is 28.5 Å². The Morgan fingerprint density at radius 3 is 2.20 bits per heavy atom. The van der Waals surface area contributed by atoms with Crippen LogP contribution in [0, 0.1) is 0 Å². The summed E-state index contributed by atoms with van der Waals surface area (Å²) >= 11 is 0. The average molecular weight is 338 g/mol. The Labute approximate surface area is 145 Å². The van der Waals surface area contributed by atoms with Gasteiger partial charge in [-0.2, -0.15) is 0 Å². The highest BCUT2D eigenvalue weighted by Crippen LogP contribution is 2.41. The monoisotopic (exact) mass is 338 g/mol. The number of amides is 1. The minimum atomic E-state index is -0.514. The predicted molar refractivity (Wildman–Crippen MR) is 95.4 cm³/mol. The maximum absolute atomic E-state index is 11.7. The van der Waals surface area contributed by atoms with Crippen LogP contribution in [0.4, 0.5) is 0 Å². The normalized spacial score (nSPS) is 10.5. The van der Waals surface area contributed by atoms with Crippen molar-refractivity contribution in [2.45, 2.75) is 0 Å². The summed E-state index contributed by atoms with van der Waals surface area (Å²) in [5.74, 6) is 1.05. The number of carbonyl (C=O) groups excluding carboxylic acids is 1. The van der Waals surface area contributed by atoms with E-state index in [0.717, 1.165) is 10.9 Å². The van der Waals surface area contributed by atoms with Crippen LogP contribution in [0.2, 0.25) is 0 Å². The minimum Gasteiger partial charge on any atom is -0.493 e. The second kappa shape index (κ2) is 6.68. The zero-order chi connectivity index (χ0) is 18.0. The number of hydrogen-bond donors (Lipinski definition) is 1. The van der Waals surface area contributed by atoms with Crippen LogP contribution in [0.1, 0.15) is 10.4 Å². The molecule has 6 heteroatoms. The Morgan fingerprint density at radius 1 is 0.960 bits per heavy atom. The van der Waals surface area contributed by atoms with E-state index in [-0.39, 0.29) is 0 Å². The van der Waals surface area contributed by atoms with E-state index in [1.54, 1.807) is 33.5 Å². The lowest BCUT2D eigenvalue weighted by Gasteiger charge is -2.14. The molecule has 25 heavy (non-hydrogen) atoms. The predicted octanol–water partition coefficient (Wildman–Crippen LogP) is 3.03. The fraction of sp³-hybridized carbons (Fsp3) is 0.158. The van der Waals surface area contributed by atoms with Crippen LogP contribution >= 0.6 is 0 Å². The van der Waals surface area contributed by atoms with Gasteiger partial charge in [0, 0.05) is 10.9 Å². The van der Waals surface area contributed by atoms with Crippen molar-refractivity contribution in [1.29, 1.82) is 0 Å².